The molecule has 2 atom stereocenters. The number of rotatable bonds is 4. The van der Waals surface area contributed by atoms with Crippen LogP contribution in [0, 0.1) is 17.2 Å². The van der Waals surface area contributed by atoms with Gasteiger partial charge in [-0.1, -0.05) is 25.1 Å². The Hall–Kier alpha value is -2.19. The molecule has 0 spiro atoms. The fourth-order valence-electron chi connectivity index (χ4n) is 1.81. The van der Waals surface area contributed by atoms with Crippen LogP contribution in [0.4, 0.5) is 5.69 Å². The molecule has 0 bridgehead atoms. The molecule has 2 rings (SSSR count). The van der Waals surface area contributed by atoms with E-state index < -0.39 is 0 Å². The second-order valence-electron chi connectivity index (χ2n) is 4.65. The quantitative estimate of drug-likeness (QED) is 0.873. The van der Waals surface area contributed by atoms with Crippen LogP contribution in [0.25, 0.3) is 10.9 Å². The lowest BCUT2D eigenvalue weighted by molar-refractivity contribution is 0.226. The molecule has 5 nitrogen and oxygen atoms in total. The van der Waals surface area contributed by atoms with Gasteiger partial charge in [-0.25, -0.2) is 0 Å². The predicted molar refractivity (Wildman–Crippen MR) is 73.6 cm³/mol. The minimum absolute atomic E-state index is 0.0321. The number of nitrogens with zero attached hydrogens (tertiary/aromatic N) is 3. The Morgan fingerprint density at radius 3 is 2.74 bits per heavy atom. The van der Waals surface area contributed by atoms with Gasteiger partial charge in [-0.2, -0.15) is 5.26 Å². The SMILES string of the molecule is CC(CO)C(C)Nc1c(C#N)nnc2ccccc12. The van der Waals surface area contributed by atoms with Gasteiger partial charge in [0.2, 0.25) is 0 Å². The van der Waals surface area contributed by atoms with Crippen molar-refractivity contribution in [3.05, 3.63) is 30.0 Å². The molecule has 0 aliphatic rings. The van der Waals surface area contributed by atoms with Crippen molar-refractivity contribution < 1.29 is 5.11 Å². The van der Waals surface area contributed by atoms with Crippen molar-refractivity contribution in [1.29, 1.82) is 5.26 Å². The zero-order chi connectivity index (χ0) is 13.8. The first kappa shape index (κ1) is 13.2. The van der Waals surface area contributed by atoms with Gasteiger partial charge in [-0.3, -0.25) is 0 Å². The zero-order valence-electron chi connectivity index (χ0n) is 11.0. The predicted octanol–water partition coefficient (Wildman–Crippen LogP) is 1.93. The summed E-state index contributed by atoms with van der Waals surface area (Å²) in [5, 5.41) is 30.4. The molecule has 2 aromatic rings. The number of fused-ring (bicyclic) bond motifs is 1. The first-order chi connectivity index (χ1) is 9.17. The van der Waals surface area contributed by atoms with E-state index in [9.17, 15) is 5.11 Å². The maximum absolute atomic E-state index is 9.19. The topological polar surface area (TPSA) is 81.8 Å². The molecule has 0 fully saturated rings. The molecule has 1 aromatic heterocycles. The van der Waals surface area contributed by atoms with Gasteiger partial charge >= 0.3 is 0 Å². The smallest absolute Gasteiger partial charge is 0.186 e. The fraction of sp³-hybridized carbons (Fsp3) is 0.357. The molecule has 2 unspecified atom stereocenters. The Kier molecular flexibility index (Phi) is 3.93. The highest BCUT2D eigenvalue weighted by Crippen LogP contribution is 2.25. The molecule has 5 heteroatoms. The number of hydrogen-bond donors (Lipinski definition) is 2. The van der Waals surface area contributed by atoms with Crippen LogP contribution in [0.15, 0.2) is 24.3 Å². The molecular formula is C14H16N4O. The summed E-state index contributed by atoms with van der Waals surface area (Å²) in [4.78, 5) is 0. The van der Waals surface area contributed by atoms with Gasteiger partial charge in [-0.05, 0) is 18.9 Å². The van der Waals surface area contributed by atoms with Gasteiger partial charge in [-0.15, -0.1) is 10.2 Å². The number of anilines is 1. The minimum Gasteiger partial charge on any atom is -0.396 e. The number of benzene rings is 1. The van der Waals surface area contributed by atoms with Gasteiger partial charge in [0.15, 0.2) is 5.69 Å². The lowest BCUT2D eigenvalue weighted by Crippen LogP contribution is -2.27. The van der Waals surface area contributed by atoms with Gasteiger partial charge < -0.3 is 10.4 Å². The molecular weight excluding hydrogens is 240 g/mol. The fourth-order valence-corrected chi connectivity index (χ4v) is 1.81. The molecule has 0 saturated heterocycles. The van der Waals surface area contributed by atoms with E-state index >= 15 is 0 Å². The van der Waals surface area contributed by atoms with E-state index in [1.54, 1.807) is 0 Å². The van der Waals surface area contributed by atoms with E-state index in [-0.39, 0.29) is 24.3 Å². The van der Waals surface area contributed by atoms with E-state index in [2.05, 4.69) is 21.6 Å². The summed E-state index contributed by atoms with van der Waals surface area (Å²) in [7, 11) is 0. The number of aliphatic hydroxyl groups is 1. The molecule has 0 saturated carbocycles. The van der Waals surface area contributed by atoms with Crippen LogP contribution in [0.3, 0.4) is 0 Å². The number of aromatic nitrogens is 2. The highest BCUT2D eigenvalue weighted by Gasteiger charge is 2.16. The lowest BCUT2D eigenvalue weighted by Gasteiger charge is -2.21. The lowest BCUT2D eigenvalue weighted by atomic mass is 10.0. The molecule has 19 heavy (non-hydrogen) atoms. The summed E-state index contributed by atoms with van der Waals surface area (Å²) < 4.78 is 0. The average Bonchev–Trinajstić information content (AvgIpc) is 2.46. The van der Waals surface area contributed by atoms with Crippen molar-refractivity contribution in [2.24, 2.45) is 5.92 Å². The molecule has 0 amide bonds. The second kappa shape index (κ2) is 5.63. The van der Waals surface area contributed by atoms with Crippen molar-refractivity contribution in [1.82, 2.24) is 10.2 Å². The van der Waals surface area contributed by atoms with Crippen LogP contribution in [0.1, 0.15) is 19.5 Å². The van der Waals surface area contributed by atoms with E-state index in [4.69, 9.17) is 5.26 Å². The third-order valence-corrected chi connectivity index (χ3v) is 3.29. The number of nitriles is 1. The Morgan fingerprint density at radius 2 is 2.05 bits per heavy atom. The van der Waals surface area contributed by atoms with Crippen LogP contribution in [-0.2, 0) is 0 Å². The van der Waals surface area contributed by atoms with Crippen molar-refractivity contribution >= 4 is 16.6 Å². The molecule has 0 aliphatic carbocycles. The largest absolute Gasteiger partial charge is 0.396 e. The van der Waals surface area contributed by atoms with Crippen LogP contribution in [0.5, 0.6) is 0 Å². The van der Waals surface area contributed by atoms with E-state index in [1.807, 2.05) is 38.1 Å². The Morgan fingerprint density at radius 1 is 1.32 bits per heavy atom. The van der Waals surface area contributed by atoms with Crippen LogP contribution in [0.2, 0.25) is 0 Å². The molecule has 0 radical (unpaired) electrons. The van der Waals surface area contributed by atoms with E-state index in [0.717, 1.165) is 10.9 Å². The first-order valence-corrected chi connectivity index (χ1v) is 6.20. The first-order valence-electron chi connectivity index (χ1n) is 6.20. The third-order valence-electron chi connectivity index (χ3n) is 3.29. The molecule has 1 heterocycles. The monoisotopic (exact) mass is 256 g/mol. The van der Waals surface area contributed by atoms with Crippen LogP contribution in [-0.4, -0.2) is 28.0 Å². The highest BCUT2D eigenvalue weighted by molar-refractivity contribution is 5.92. The molecule has 98 valence electrons. The van der Waals surface area contributed by atoms with Crippen molar-refractivity contribution in [2.75, 3.05) is 11.9 Å². The summed E-state index contributed by atoms with van der Waals surface area (Å²) in [6.45, 7) is 4.00. The van der Waals surface area contributed by atoms with Gasteiger partial charge in [0.25, 0.3) is 0 Å². The zero-order valence-corrected chi connectivity index (χ0v) is 11.0. The highest BCUT2D eigenvalue weighted by atomic mass is 16.3. The summed E-state index contributed by atoms with van der Waals surface area (Å²) in [6.07, 6.45) is 0. The molecule has 0 aliphatic heterocycles. The Balaban J connectivity index is 2.48. The van der Waals surface area contributed by atoms with Crippen molar-refractivity contribution in [2.45, 2.75) is 19.9 Å². The maximum atomic E-state index is 9.19. The minimum atomic E-state index is 0.0321. The van der Waals surface area contributed by atoms with E-state index in [1.165, 1.54) is 0 Å². The number of nitrogens with one attached hydrogen (secondary N) is 1. The maximum Gasteiger partial charge on any atom is 0.186 e. The average molecular weight is 256 g/mol. The van der Waals surface area contributed by atoms with Crippen LogP contribution < -0.4 is 5.32 Å². The Bertz CT molecular complexity index is 620. The summed E-state index contributed by atoms with van der Waals surface area (Å²) in [6, 6.07) is 9.63. The number of hydrogen-bond acceptors (Lipinski definition) is 5. The molecule has 1 aromatic carbocycles. The standard InChI is InChI=1S/C14H16N4O/c1-9(8-19)10(2)16-14-11-5-3-4-6-12(11)17-18-13(14)7-15/h3-6,9-10,19H,8H2,1-2H3,(H,16,17). The second-order valence-corrected chi connectivity index (χ2v) is 4.65. The van der Waals surface area contributed by atoms with Gasteiger partial charge in [0.1, 0.15) is 6.07 Å². The van der Waals surface area contributed by atoms with E-state index in [0.29, 0.717) is 5.69 Å². The molecule has 2 N–H and O–H groups in total. The summed E-state index contributed by atoms with van der Waals surface area (Å²) >= 11 is 0. The third kappa shape index (κ3) is 2.64. The summed E-state index contributed by atoms with van der Waals surface area (Å²) in [5.41, 5.74) is 1.70. The summed E-state index contributed by atoms with van der Waals surface area (Å²) in [5.74, 6) is 0.0819. The van der Waals surface area contributed by atoms with Crippen molar-refractivity contribution in [3.8, 4) is 6.07 Å². The van der Waals surface area contributed by atoms with Gasteiger partial charge in [0, 0.05) is 18.0 Å². The van der Waals surface area contributed by atoms with Gasteiger partial charge in [0.05, 0.1) is 11.2 Å². The Labute approximate surface area is 111 Å². The number of aliphatic hydroxyl groups excluding tert-OH is 1. The van der Waals surface area contributed by atoms with Crippen LogP contribution >= 0.6 is 0 Å². The van der Waals surface area contributed by atoms with Crippen molar-refractivity contribution in [3.63, 3.8) is 0 Å². The normalized spacial score (nSPS) is 13.8.